The summed E-state index contributed by atoms with van der Waals surface area (Å²) in [6.07, 6.45) is 8.42. The summed E-state index contributed by atoms with van der Waals surface area (Å²) in [5.41, 5.74) is 1.80. The van der Waals surface area contributed by atoms with E-state index >= 15 is 0 Å². The Morgan fingerprint density at radius 3 is 2.72 bits per heavy atom. The zero-order valence-electron chi connectivity index (χ0n) is 20.7. The second-order valence-electron chi connectivity index (χ2n) is 9.79. The smallest absolute Gasteiger partial charge is 0.230 e. The lowest BCUT2D eigenvalue weighted by Gasteiger charge is -2.39. The van der Waals surface area contributed by atoms with Crippen molar-refractivity contribution in [1.82, 2.24) is 29.0 Å². The number of anilines is 3. The molecule has 1 aliphatic carbocycles. The molecule has 2 N–H and O–H groups in total. The minimum atomic E-state index is 0.0217. The molecule has 2 aliphatic heterocycles. The van der Waals surface area contributed by atoms with E-state index in [-0.39, 0.29) is 6.10 Å². The highest BCUT2D eigenvalue weighted by Gasteiger charge is 2.28. The molecule has 0 bridgehead atoms. The van der Waals surface area contributed by atoms with E-state index < -0.39 is 0 Å². The number of hydrogen-bond donors (Lipinski definition) is 2. The quantitative estimate of drug-likeness (QED) is 0.488. The van der Waals surface area contributed by atoms with Gasteiger partial charge in [-0.25, -0.2) is 0 Å². The van der Waals surface area contributed by atoms with Crippen molar-refractivity contribution in [3.63, 3.8) is 0 Å². The SMILES string of the molecule is Cc1nsc2nc(Nc3cnn(CC4COCCO4)c3)nc(NC3CCC(N4CCOCC4)CC3)c12. The molecule has 3 aromatic heterocycles. The Hall–Kier alpha value is -2.38. The fourth-order valence-corrected chi connectivity index (χ4v) is 6.16. The molecule has 1 unspecified atom stereocenters. The van der Waals surface area contributed by atoms with E-state index in [1.165, 1.54) is 24.4 Å². The molecule has 36 heavy (non-hydrogen) atoms. The van der Waals surface area contributed by atoms with Crippen molar-refractivity contribution in [2.24, 2.45) is 0 Å². The number of aromatic nitrogens is 5. The maximum absolute atomic E-state index is 5.74. The summed E-state index contributed by atoms with van der Waals surface area (Å²) in [4.78, 5) is 13.1. The van der Waals surface area contributed by atoms with Crippen LogP contribution in [0.15, 0.2) is 12.4 Å². The normalized spacial score (nSPS) is 25.8. The lowest BCUT2D eigenvalue weighted by molar-refractivity contribution is -0.0946. The van der Waals surface area contributed by atoms with Gasteiger partial charge in [-0.2, -0.15) is 19.4 Å². The molecule has 0 spiro atoms. The second kappa shape index (κ2) is 10.9. The largest absolute Gasteiger partial charge is 0.379 e. The lowest BCUT2D eigenvalue weighted by Crippen LogP contribution is -2.46. The number of morpholine rings is 1. The average molecular weight is 515 g/mol. The Morgan fingerprint density at radius 2 is 1.92 bits per heavy atom. The summed E-state index contributed by atoms with van der Waals surface area (Å²) in [6.45, 7) is 8.39. The zero-order valence-corrected chi connectivity index (χ0v) is 21.5. The number of rotatable bonds is 7. The molecule has 2 saturated heterocycles. The van der Waals surface area contributed by atoms with Gasteiger partial charge in [0.05, 0.1) is 62.5 Å². The molecule has 11 nitrogen and oxygen atoms in total. The van der Waals surface area contributed by atoms with Crippen molar-refractivity contribution in [3.05, 3.63) is 18.1 Å². The topological polar surface area (TPSA) is 111 Å². The van der Waals surface area contributed by atoms with Crippen molar-refractivity contribution in [2.45, 2.75) is 57.3 Å². The standard InChI is InChI=1S/C24H34N8O3S/c1-16-21-22(26-17-2-4-19(5-3-17)31-6-8-33-9-7-31)28-24(29-23(21)36-30-16)27-18-12-25-32(13-18)14-20-15-34-10-11-35-20/h12-13,17,19-20H,2-11,14-15H2,1H3,(H2,26,27,28,29). The summed E-state index contributed by atoms with van der Waals surface area (Å²) < 4.78 is 23.2. The summed E-state index contributed by atoms with van der Waals surface area (Å²) >= 11 is 1.41. The first kappa shape index (κ1) is 24.0. The van der Waals surface area contributed by atoms with E-state index in [1.807, 2.05) is 17.8 Å². The first-order chi connectivity index (χ1) is 17.7. The molecule has 0 aromatic carbocycles. The van der Waals surface area contributed by atoms with Crippen LogP contribution < -0.4 is 10.6 Å². The van der Waals surface area contributed by atoms with Crippen LogP contribution in [0.3, 0.4) is 0 Å². The molecule has 1 saturated carbocycles. The van der Waals surface area contributed by atoms with Gasteiger partial charge in [0.2, 0.25) is 5.95 Å². The van der Waals surface area contributed by atoms with Gasteiger partial charge in [-0.15, -0.1) is 0 Å². The number of nitrogens with one attached hydrogen (secondary N) is 2. The molecular weight excluding hydrogens is 480 g/mol. The van der Waals surface area contributed by atoms with Gasteiger partial charge in [0.1, 0.15) is 11.9 Å². The number of ether oxygens (including phenoxy) is 3. The molecule has 0 radical (unpaired) electrons. The van der Waals surface area contributed by atoms with Crippen LogP contribution in [0.2, 0.25) is 0 Å². The summed E-state index contributed by atoms with van der Waals surface area (Å²) in [7, 11) is 0. The highest BCUT2D eigenvalue weighted by atomic mass is 32.1. The molecular formula is C24H34N8O3S. The van der Waals surface area contributed by atoms with Gasteiger partial charge in [0, 0.05) is 31.4 Å². The number of fused-ring (bicyclic) bond motifs is 1. The monoisotopic (exact) mass is 514 g/mol. The first-order valence-electron chi connectivity index (χ1n) is 12.9. The highest BCUT2D eigenvalue weighted by Crippen LogP contribution is 2.32. The molecule has 194 valence electrons. The van der Waals surface area contributed by atoms with E-state index in [2.05, 4.69) is 25.0 Å². The molecule has 1 atom stereocenters. The third kappa shape index (κ3) is 5.47. The highest BCUT2D eigenvalue weighted by molar-refractivity contribution is 7.13. The van der Waals surface area contributed by atoms with Crippen LogP contribution in [0.1, 0.15) is 31.4 Å². The van der Waals surface area contributed by atoms with Gasteiger partial charge in [-0.1, -0.05) is 0 Å². The molecule has 12 heteroatoms. The van der Waals surface area contributed by atoms with Crippen molar-refractivity contribution >= 4 is 39.2 Å². The second-order valence-corrected chi connectivity index (χ2v) is 10.5. The maximum Gasteiger partial charge on any atom is 0.230 e. The Bertz CT molecular complexity index is 1150. The van der Waals surface area contributed by atoms with Crippen LogP contribution in [-0.4, -0.2) is 93.3 Å². The summed E-state index contributed by atoms with van der Waals surface area (Å²) in [6, 6.07) is 1.06. The Morgan fingerprint density at radius 1 is 1.06 bits per heavy atom. The van der Waals surface area contributed by atoms with Gasteiger partial charge < -0.3 is 24.8 Å². The molecule has 0 amide bonds. The van der Waals surface area contributed by atoms with E-state index in [4.69, 9.17) is 24.2 Å². The predicted molar refractivity (Wildman–Crippen MR) is 138 cm³/mol. The van der Waals surface area contributed by atoms with Crippen LogP contribution in [-0.2, 0) is 20.8 Å². The van der Waals surface area contributed by atoms with Gasteiger partial charge in [0.25, 0.3) is 0 Å². The predicted octanol–water partition coefficient (Wildman–Crippen LogP) is 2.81. The lowest BCUT2D eigenvalue weighted by atomic mass is 9.90. The third-order valence-electron chi connectivity index (χ3n) is 7.27. The van der Waals surface area contributed by atoms with Crippen LogP contribution in [0.4, 0.5) is 17.5 Å². The van der Waals surface area contributed by atoms with Crippen molar-refractivity contribution < 1.29 is 14.2 Å². The van der Waals surface area contributed by atoms with Crippen LogP contribution >= 0.6 is 11.5 Å². The van der Waals surface area contributed by atoms with Gasteiger partial charge in [-0.05, 0) is 44.1 Å². The van der Waals surface area contributed by atoms with E-state index in [1.54, 1.807) is 6.20 Å². The van der Waals surface area contributed by atoms with Crippen molar-refractivity contribution in [3.8, 4) is 0 Å². The first-order valence-corrected chi connectivity index (χ1v) is 13.7. The number of aryl methyl sites for hydroxylation is 1. The Kier molecular flexibility index (Phi) is 7.28. The molecule has 3 aromatic rings. The fraction of sp³-hybridized carbons (Fsp3) is 0.667. The minimum Gasteiger partial charge on any atom is -0.379 e. The Balaban J connectivity index is 1.13. The summed E-state index contributed by atoms with van der Waals surface area (Å²) in [5.74, 6) is 1.41. The summed E-state index contributed by atoms with van der Waals surface area (Å²) in [5, 5.41) is 12.6. The van der Waals surface area contributed by atoms with E-state index in [0.717, 1.165) is 66.6 Å². The third-order valence-corrected chi connectivity index (χ3v) is 8.10. The number of hydrogen-bond acceptors (Lipinski definition) is 11. The van der Waals surface area contributed by atoms with E-state index in [9.17, 15) is 0 Å². The number of nitrogens with zero attached hydrogens (tertiary/aromatic N) is 6. The average Bonchev–Trinajstić information content (AvgIpc) is 3.51. The van der Waals surface area contributed by atoms with E-state index in [0.29, 0.717) is 44.4 Å². The Labute approximate surface area is 214 Å². The molecule has 3 fully saturated rings. The van der Waals surface area contributed by atoms with Crippen LogP contribution in [0.25, 0.3) is 10.2 Å². The van der Waals surface area contributed by atoms with Crippen LogP contribution in [0.5, 0.6) is 0 Å². The van der Waals surface area contributed by atoms with Gasteiger partial charge in [-0.3, -0.25) is 9.58 Å². The van der Waals surface area contributed by atoms with Crippen LogP contribution in [0, 0.1) is 6.92 Å². The van der Waals surface area contributed by atoms with Crippen molar-refractivity contribution in [2.75, 3.05) is 56.8 Å². The zero-order chi connectivity index (χ0) is 24.3. The molecule has 6 rings (SSSR count). The molecule has 3 aliphatic rings. The van der Waals surface area contributed by atoms with Gasteiger partial charge in [0.15, 0.2) is 4.83 Å². The fourth-order valence-electron chi connectivity index (χ4n) is 5.38. The maximum atomic E-state index is 5.74. The van der Waals surface area contributed by atoms with Crippen molar-refractivity contribution in [1.29, 1.82) is 0 Å². The molecule has 5 heterocycles. The minimum absolute atomic E-state index is 0.0217. The van der Waals surface area contributed by atoms with Gasteiger partial charge >= 0.3 is 0 Å².